The molecule has 0 spiro atoms. The van der Waals surface area contributed by atoms with E-state index in [9.17, 15) is 21.6 Å². The zero-order chi connectivity index (χ0) is 18.2. The standard InChI is InChI=1S/C15H11BrF3NO4S/c16-11-7-13-14(24-5-4-23-13)8-12(11)20-25(21,22)10-3-1-2-9(6-10)15(17,18)19/h1-3,6-8,20H,4-5H2. The maximum atomic E-state index is 12.8. The van der Waals surface area contributed by atoms with E-state index >= 15 is 0 Å². The molecule has 2 aromatic rings. The van der Waals surface area contributed by atoms with Gasteiger partial charge in [-0.05, 0) is 34.1 Å². The van der Waals surface area contributed by atoms with Gasteiger partial charge in [-0.3, -0.25) is 4.72 Å². The summed E-state index contributed by atoms with van der Waals surface area (Å²) >= 11 is 3.20. The summed E-state index contributed by atoms with van der Waals surface area (Å²) in [6.07, 6.45) is -4.64. The molecule has 0 bridgehead atoms. The molecule has 0 atom stereocenters. The number of nitrogens with one attached hydrogen (secondary N) is 1. The van der Waals surface area contributed by atoms with Gasteiger partial charge < -0.3 is 9.47 Å². The van der Waals surface area contributed by atoms with E-state index in [-0.39, 0.29) is 5.69 Å². The van der Waals surface area contributed by atoms with Crippen molar-refractivity contribution in [2.45, 2.75) is 11.1 Å². The van der Waals surface area contributed by atoms with Crippen LogP contribution in [-0.2, 0) is 16.2 Å². The summed E-state index contributed by atoms with van der Waals surface area (Å²) < 4.78 is 76.6. The quantitative estimate of drug-likeness (QED) is 0.786. The summed E-state index contributed by atoms with van der Waals surface area (Å²) in [5.74, 6) is 0.788. The van der Waals surface area contributed by atoms with E-state index in [1.165, 1.54) is 12.1 Å². The second-order valence-electron chi connectivity index (χ2n) is 5.11. The van der Waals surface area contributed by atoms with Gasteiger partial charge in [0.15, 0.2) is 11.5 Å². The Labute approximate surface area is 149 Å². The molecule has 1 heterocycles. The van der Waals surface area contributed by atoms with Gasteiger partial charge in [0.25, 0.3) is 10.0 Å². The molecule has 0 aromatic heterocycles. The van der Waals surface area contributed by atoms with Gasteiger partial charge in [0, 0.05) is 16.6 Å². The average molecular weight is 438 g/mol. The highest BCUT2D eigenvalue weighted by Crippen LogP contribution is 2.39. The minimum Gasteiger partial charge on any atom is -0.486 e. The van der Waals surface area contributed by atoms with E-state index in [1.54, 1.807) is 0 Å². The lowest BCUT2D eigenvalue weighted by Crippen LogP contribution is -2.17. The molecule has 5 nitrogen and oxygen atoms in total. The number of hydrogen-bond donors (Lipinski definition) is 1. The summed E-state index contributed by atoms with van der Waals surface area (Å²) in [5.41, 5.74) is -0.918. The number of alkyl halides is 3. The number of rotatable bonds is 3. The Morgan fingerprint density at radius 1 is 1.04 bits per heavy atom. The van der Waals surface area contributed by atoms with Crippen LogP contribution in [0.15, 0.2) is 45.8 Å². The lowest BCUT2D eigenvalue weighted by Gasteiger charge is -2.20. The topological polar surface area (TPSA) is 64.6 Å². The maximum Gasteiger partial charge on any atom is 0.416 e. The predicted octanol–water partition coefficient (Wildman–Crippen LogP) is 4.04. The molecule has 0 amide bonds. The molecule has 1 aliphatic heterocycles. The Morgan fingerprint density at radius 3 is 2.32 bits per heavy atom. The van der Waals surface area contributed by atoms with Crippen LogP contribution in [0.5, 0.6) is 11.5 Å². The smallest absolute Gasteiger partial charge is 0.416 e. The Morgan fingerprint density at radius 2 is 1.68 bits per heavy atom. The van der Waals surface area contributed by atoms with Gasteiger partial charge in [-0.2, -0.15) is 13.2 Å². The van der Waals surface area contributed by atoms with Crippen molar-refractivity contribution < 1.29 is 31.1 Å². The van der Waals surface area contributed by atoms with Crippen molar-refractivity contribution in [1.82, 2.24) is 0 Å². The highest BCUT2D eigenvalue weighted by Gasteiger charge is 2.31. The fourth-order valence-electron chi connectivity index (χ4n) is 2.19. The van der Waals surface area contributed by atoms with Crippen molar-refractivity contribution in [3.05, 3.63) is 46.4 Å². The third-order valence-electron chi connectivity index (χ3n) is 3.35. The second-order valence-corrected chi connectivity index (χ2v) is 7.64. The number of hydrogen-bond acceptors (Lipinski definition) is 4. The molecule has 0 aliphatic carbocycles. The van der Waals surface area contributed by atoms with Crippen molar-refractivity contribution in [3.8, 4) is 11.5 Å². The number of ether oxygens (including phenoxy) is 2. The zero-order valence-electron chi connectivity index (χ0n) is 12.4. The molecule has 0 saturated heterocycles. The Bertz CT molecular complexity index is 915. The summed E-state index contributed by atoms with van der Waals surface area (Å²) in [6, 6.07) is 6.44. The first kappa shape index (κ1) is 17.9. The van der Waals surface area contributed by atoms with Crippen molar-refractivity contribution in [1.29, 1.82) is 0 Å². The lowest BCUT2D eigenvalue weighted by molar-refractivity contribution is -0.137. The fourth-order valence-corrected chi connectivity index (χ4v) is 3.85. The Balaban J connectivity index is 1.95. The minimum absolute atomic E-state index is 0.127. The number of benzene rings is 2. The molecule has 3 rings (SSSR count). The first-order valence-electron chi connectivity index (χ1n) is 6.96. The van der Waals surface area contributed by atoms with Crippen molar-refractivity contribution in [2.75, 3.05) is 17.9 Å². The van der Waals surface area contributed by atoms with E-state index in [1.807, 2.05) is 0 Å². The SMILES string of the molecule is O=S(=O)(Nc1cc2c(cc1Br)OCCO2)c1cccc(C(F)(F)F)c1. The molecule has 10 heteroatoms. The third kappa shape index (κ3) is 3.84. The Kier molecular flexibility index (Phi) is 4.58. The summed E-state index contributed by atoms with van der Waals surface area (Å²) in [4.78, 5) is -0.496. The van der Waals surface area contributed by atoms with E-state index in [0.29, 0.717) is 35.3 Å². The first-order chi connectivity index (χ1) is 11.7. The minimum atomic E-state index is -4.64. The molecular weight excluding hydrogens is 427 g/mol. The van der Waals surface area contributed by atoms with Crippen molar-refractivity contribution in [3.63, 3.8) is 0 Å². The van der Waals surface area contributed by atoms with Crippen LogP contribution in [0.3, 0.4) is 0 Å². The van der Waals surface area contributed by atoms with Gasteiger partial charge in [0.05, 0.1) is 16.1 Å². The predicted molar refractivity (Wildman–Crippen MR) is 87.4 cm³/mol. The van der Waals surface area contributed by atoms with Gasteiger partial charge >= 0.3 is 6.18 Å². The number of fused-ring (bicyclic) bond motifs is 1. The van der Waals surface area contributed by atoms with E-state index in [2.05, 4.69) is 20.7 Å². The molecule has 25 heavy (non-hydrogen) atoms. The molecule has 0 fully saturated rings. The molecule has 0 radical (unpaired) electrons. The van der Waals surface area contributed by atoms with Crippen LogP contribution in [0.25, 0.3) is 0 Å². The summed E-state index contributed by atoms with van der Waals surface area (Å²) in [7, 11) is -4.22. The molecule has 1 aliphatic rings. The van der Waals surface area contributed by atoms with Gasteiger partial charge in [-0.1, -0.05) is 6.07 Å². The van der Waals surface area contributed by atoms with Crippen LogP contribution in [0.1, 0.15) is 5.56 Å². The Hall–Kier alpha value is -1.94. The van der Waals surface area contributed by atoms with Crippen molar-refractivity contribution in [2.24, 2.45) is 0 Å². The molecule has 2 aromatic carbocycles. The van der Waals surface area contributed by atoms with Gasteiger partial charge in [-0.15, -0.1) is 0 Å². The number of halogens is 4. The van der Waals surface area contributed by atoms with E-state index in [4.69, 9.17) is 9.47 Å². The van der Waals surface area contributed by atoms with Crippen LogP contribution in [0.4, 0.5) is 18.9 Å². The lowest BCUT2D eigenvalue weighted by atomic mass is 10.2. The highest BCUT2D eigenvalue weighted by molar-refractivity contribution is 9.10. The van der Waals surface area contributed by atoms with Crippen LogP contribution in [0.2, 0.25) is 0 Å². The number of sulfonamides is 1. The monoisotopic (exact) mass is 437 g/mol. The molecule has 0 unspecified atom stereocenters. The largest absolute Gasteiger partial charge is 0.486 e. The van der Waals surface area contributed by atoms with Gasteiger partial charge in [-0.25, -0.2) is 8.42 Å². The molecule has 134 valence electrons. The molecule has 0 saturated carbocycles. The van der Waals surface area contributed by atoms with E-state index in [0.717, 1.165) is 18.2 Å². The fraction of sp³-hybridized carbons (Fsp3) is 0.200. The van der Waals surface area contributed by atoms with Crippen LogP contribution in [0, 0.1) is 0 Å². The third-order valence-corrected chi connectivity index (χ3v) is 5.37. The summed E-state index contributed by atoms with van der Waals surface area (Å²) in [6.45, 7) is 0.684. The van der Waals surface area contributed by atoms with Gasteiger partial charge in [0.1, 0.15) is 13.2 Å². The van der Waals surface area contributed by atoms with Crippen LogP contribution >= 0.6 is 15.9 Å². The summed E-state index contributed by atoms with van der Waals surface area (Å²) in [5, 5.41) is 0. The van der Waals surface area contributed by atoms with Crippen LogP contribution in [-0.4, -0.2) is 21.6 Å². The first-order valence-corrected chi connectivity index (χ1v) is 9.24. The number of anilines is 1. The maximum absolute atomic E-state index is 12.8. The van der Waals surface area contributed by atoms with Crippen molar-refractivity contribution >= 4 is 31.6 Å². The molecule has 1 N–H and O–H groups in total. The second kappa shape index (κ2) is 6.41. The zero-order valence-corrected chi connectivity index (χ0v) is 14.8. The highest BCUT2D eigenvalue weighted by atomic mass is 79.9. The van der Waals surface area contributed by atoms with Gasteiger partial charge in [0.2, 0.25) is 0 Å². The van der Waals surface area contributed by atoms with Crippen LogP contribution < -0.4 is 14.2 Å². The normalized spacial score (nSPS) is 14.2. The van der Waals surface area contributed by atoms with E-state index < -0.39 is 26.7 Å². The molecular formula is C15H11BrF3NO4S. The average Bonchev–Trinajstić information content (AvgIpc) is 2.55.